The summed E-state index contributed by atoms with van der Waals surface area (Å²) in [6.07, 6.45) is 6.47. The molecule has 0 bridgehead atoms. The number of fused-ring (bicyclic) bond motifs is 1. The predicted octanol–water partition coefficient (Wildman–Crippen LogP) is 1.99. The van der Waals surface area contributed by atoms with Gasteiger partial charge < -0.3 is 19.5 Å². The Kier molecular flexibility index (Phi) is 6.53. The molecule has 1 aromatic rings. The minimum atomic E-state index is -0.0186. The minimum absolute atomic E-state index is 0.0186. The number of piperazine rings is 1. The van der Waals surface area contributed by atoms with Crippen LogP contribution in [0.1, 0.15) is 49.4 Å². The van der Waals surface area contributed by atoms with Crippen molar-refractivity contribution in [3.05, 3.63) is 16.8 Å². The van der Waals surface area contributed by atoms with Gasteiger partial charge in [0.2, 0.25) is 5.91 Å². The molecule has 1 aromatic heterocycles. The molecule has 3 heterocycles. The van der Waals surface area contributed by atoms with Gasteiger partial charge in [-0.3, -0.25) is 9.69 Å². The van der Waals surface area contributed by atoms with E-state index in [0.29, 0.717) is 17.9 Å². The largest absolute Gasteiger partial charge is 0.376 e. The molecule has 1 atom stereocenters. The first-order chi connectivity index (χ1) is 14.2. The Hall–Kier alpha value is -1.88. The van der Waals surface area contributed by atoms with Gasteiger partial charge in [0.25, 0.3) is 0 Å². The van der Waals surface area contributed by atoms with Crippen LogP contribution in [0.25, 0.3) is 0 Å². The first-order valence-electron chi connectivity index (χ1n) is 11.2. The maximum Gasteiger partial charge on any atom is 0.239 e. The molecule has 2 saturated heterocycles. The van der Waals surface area contributed by atoms with Crippen LogP contribution in [0.2, 0.25) is 0 Å². The highest BCUT2D eigenvalue weighted by Crippen LogP contribution is 2.34. The molecular formula is C22H33N5O2. The van der Waals surface area contributed by atoms with Gasteiger partial charge in [0.15, 0.2) is 0 Å². The molecule has 29 heavy (non-hydrogen) atoms. The molecule has 2 fully saturated rings. The number of aromatic nitrogens is 1. The van der Waals surface area contributed by atoms with Crippen molar-refractivity contribution >= 4 is 11.7 Å². The van der Waals surface area contributed by atoms with Crippen LogP contribution in [-0.2, 0) is 28.9 Å². The average Bonchev–Trinajstić information content (AvgIpc) is 3.35. The number of nitrogens with one attached hydrogen (secondary N) is 1. The van der Waals surface area contributed by atoms with Crippen LogP contribution in [-0.4, -0.2) is 72.3 Å². The fourth-order valence-corrected chi connectivity index (χ4v) is 4.95. The Bertz CT molecular complexity index is 767. The molecule has 0 saturated carbocycles. The van der Waals surface area contributed by atoms with Crippen molar-refractivity contribution < 1.29 is 9.53 Å². The van der Waals surface area contributed by atoms with E-state index < -0.39 is 0 Å². The number of hydrogen-bond acceptors (Lipinski definition) is 5. The molecule has 2 aliphatic heterocycles. The minimum Gasteiger partial charge on any atom is -0.376 e. The number of amides is 1. The number of rotatable bonds is 6. The number of carbonyl (C=O) groups excluding carboxylic acids is 1. The van der Waals surface area contributed by atoms with Crippen LogP contribution in [0.5, 0.6) is 0 Å². The fraction of sp³-hybridized carbons (Fsp3) is 0.727. The smallest absolute Gasteiger partial charge is 0.239 e. The van der Waals surface area contributed by atoms with E-state index in [2.05, 4.69) is 32.7 Å². The highest BCUT2D eigenvalue weighted by molar-refractivity contribution is 5.93. The number of hydrogen-bond donors (Lipinski definition) is 1. The monoisotopic (exact) mass is 399 g/mol. The van der Waals surface area contributed by atoms with E-state index in [1.807, 2.05) is 0 Å². The van der Waals surface area contributed by atoms with Crippen molar-refractivity contribution in [1.29, 1.82) is 5.26 Å². The Labute approximate surface area is 173 Å². The van der Waals surface area contributed by atoms with Gasteiger partial charge in [-0.05, 0) is 50.6 Å². The van der Waals surface area contributed by atoms with Gasteiger partial charge in [0.05, 0.1) is 24.8 Å². The molecule has 0 spiro atoms. The average molecular weight is 400 g/mol. The van der Waals surface area contributed by atoms with E-state index in [-0.39, 0.29) is 12.0 Å². The van der Waals surface area contributed by atoms with Gasteiger partial charge in [0, 0.05) is 38.5 Å². The lowest BCUT2D eigenvalue weighted by Crippen LogP contribution is -2.48. The first kappa shape index (κ1) is 20.4. The van der Waals surface area contributed by atoms with E-state index >= 15 is 0 Å². The summed E-state index contributed by atoms with van der Waals surface area (Å²) in [5, 5.41) is 13.0. The van der Waals surface area contributed by atoms with E-state index in [1.165, 1.54) is 5.69 Å². The van der Waals surface area contributed by atoms with E-state index in [4.69, 9.17) is 4.74 Å². The van der Waals surface area contributed by atoms with E-state index in [1.54, 1.807) is 0 Å². The second-order valence-electron chi connectivity index (χ2n) is 8.47. The molecule has 1 N–H and O–H groups in total. The molecule has 4 rings (SSSR count). The van der Waals surface area contributed by atoms with Crippen LogP contribution in [0.15, 0.2) is 0 Å². The number of ether oxygens (including phenoxy) is 1. The number of carbonyl (C=O) groups is 1. The summed E-state index contributed by atoms with van der Waals surface area (Å²) in [6, 6.07) is 2.39. The maximum absolute atomic E-state index is 12.9. The van der Waals surface area contributed by atoms with Crippen molar-refractivity contribution in [2.45, 2.75) is 58.1 Å². The highest BCUT2D eigenvalue weighted by atomic mass is 16.5. The summed E-state index contributed by atoms with van der Waals surface area (Å²) in [7, 11) is 0. The molecular weight excluding hydrogens is 366 g/mol. The Morgan fingerprint density at radius 3 is 2.62 bits per heavy atom. The molecule has 0 aromatic carbocycles. The van der Waals surface area contributed by atoms with Crippen molar-refractivity contribution in [3.8, 4) is 6.07 Å². The van der Waals surface area contributed by atoms with Crippen molar-refractivity contribution in [1.82, 2.24) is 14.4 Å². The number of likely N-dealkylation sites (N-methyl/N-ethyl adjacent to an activating group) is 1. The number of anilines is 1. The lowest BCUT2D eigenvalue weighted by Gasteiger charge is -2.33. The normalized spacial score (nSPS) is 23.0. The third-order valence-electron chi connectivity index (χ3n) is 6.63. The second-order valence-corrected chi connectivity index (χ2v) is 8.47. The summed E-state index contributed by atoms with van der Waals surface area (Å²) in [5.74, 6) is 0.682. The molecule has 1 amide bonds. The predicted molar refractivity (Wildman–Crippen MR) is 112 cm³/mol. The Morgan fingerprint density at radius 1 is 1.17 bits per heavy atom. The molecule has 3 aliphatic rings. The van der Waals surface area contributed by atoms with Crippen LogP contribution >= 0.6 is 0 Å². The van der Waals surface area contributed by atoms with Crippen LogP contribution in [0.4, 0.5) is 5.82 Å². The highest BCUT2D eigenvalue weighted by Gasteiger charge is 2.29. The van der Waals surface area contributed by atoms with Gasteiger partial charge in [-0.2, -0.15) is 5.26 Å². The van der Waals surface area contributed by atoms with Gasteiger partial charge in [-0.15, -0.1) is 0 Å². The third-order valence-corrected chi connectivity index (χ3v) is 6.63. The van der Waals surface area contributed by atoms with Crippen LogP contribution in [0.3, 0.4) is 0 Å². The summed E-state index contributed by atoms with van der Waals surface area (Å²) in [4.78, 5) is 17.5. The zero-order valence-electron chi connectivity index (χ0n) is 17.6. The van der Waals surface area contributed by atoms with Crippen LogP contribution < -0.4 is 5.32 Å². The van der Waals surface area contributed by atoms with Gasteiger partial charge in [-0.1, -0.05) is 6.92 Å². The van der Waals surface area contributed by atoms with Gasteiger partial charge in [-0.25, -0.2) is 0 Å². The first-order valence-corrected chi connectivity index (χ1v) is 11.2. The zero-order valence-corrected chi connectivity index (χ0v) is 17.6. The van der Waals surface area contributed by atoms with Crippen LogP contribution in [0, 0.1) is 11.3 Å². The molecule has 1 unspecified atom stereocenters. The molecule has 0 radical (unpaired) electrons. The Balaban J connectivity index is 1.51. The van der Waals surface area contributed by atoms with E-state index in [9.17, 15) is 10.1 Å². The van der Waals surface area contributed by atoms with Gasteiger partial charge >= 0.3 is 0 Å². The standard InChI is InChI=1S/C22H33N5O2/c1-2-25-9-11-26(12-10-25)16-21(28)24-22-19(14-23)18-7-3-4-8-20(18)27(22)15-17-6-5-13-29-17/h17H,2-13,15-16H2,1H3,(H,24,28). The second kappa shape index (κ2) is 9.29. The third kappa shape index (κ3) is 4.50. The summed E-state index contributed by atoms with van der Waals surface area (Å²) in [5.41, 5.74) is 3.04. The number of nitriles is 1. The van der Waals surface area contributed by atoms with Crippen molar-refractivity contribution in [2.75, 3.05) is 51.2 Å². The lowest BCUT2D eigenvalue weighted by molar-refractivity contribution is -0.117. The quantitative estimate of drug-likeness (QED) is 0.792. The SMILES string of the molecule is CCN1CCN(CC(=O)Nc2c(C#N)c3c(n2CC2CCCO2)CCCC3)CC1. The summed E-state index contributed by atoms with van der Waals surface area (Å²) in [6.45, 7) is 9.02. The topological polar surface area (TPSA) is 73.5 Å². The molecule has 7 heteroatoms. The zero-order chi connectivity index (χ0) is 20.2. The summed E-state index contributed by atoms with van der Waals surface area (Å²) < 4.78 is 8.05. The number of nitrogens with zero attached hydrogens (tertiary/aromatic N) is 4. The van der Waals surface area contributed by atoms with E-state index in [0.717, 1.165) is 90.0 Å². The molecule has 7 nitrogen and oxygen atoms in total. The summed E-state index contributed by atoms with van der Waals surface area (Å²) >= 11 is 0. The Morgan fingerprint density at radius 2 is 1.93 bits per heavy atom. The fourth-order valence-electron chi connectivity index (χ4n) is 4.95. The maximum atomic E-state index is 12.9. The van der Waals surface area contributed by atoms with Crippen molar-refractivity contribution in [2.24, 2.45) is 0 Å². The molecule has 158 valence electrons. The van der Waals surface area contributed by atoms with Crippen molar-refractivity contribution in [3.63, 3.8) is 0 Å². The molecule has 1 aliphatic carbocycles. The lowest BCUT2D eigenvalue weighted by atomic mass is 9.95. The van der Waals surface area contributed by atoms with Gasteiger partial charge in [0.1, 0.15) is 11.9 Å².